The van der Waals surface area contributed by atoms with Crippen LogP contribution in [0.25, 0.3) is 0 Å². The van der Waals surface area contributed by atoms with Gasteiger partial charge < -0.3 is 10.2 Å². The smallest absolute Gasteiger partial charge is 0.0672 e. The summed E-state index contributed by atoms with van der Waals surface area (Å²) in [4.78, 5) is 0. The predicted molar refractivity (Wildman–Crippen MR) is 60.2 cm³/mol. The maximum Gasteiger partial charge on any atom is 0.0672 e. The maximum absolute atomic E-state index is 10.2. The van der Waals surface area contributed by atoms with Gasteiger partial charge in [0.1, 0.15) is 0 Å². The van der Waals surface area contributed by atoms with E-state index < -0.39 is 5.60 Å². The summed E-state index contributed by atoms with van der Waals surface area (Å²) in [6, 6.07) is 0. The van der Waals surface area contributed by atoms with E-state index in [-0.39, 0.29) is 12.5 Å². The van der Waals surface area contributed by atoms with E-state index in [1.54, 1.807) is 0 Å². The molecule has 0 aliphatic carbocycles. The highest BCUT2D eigenvalue weighted by Crippen LogP contribution is 2.29. The zero-order chi connectivity index (χ0) is 11.2. The third-order valence-electron chi connectivity index (χ3n) is 3.09. The van der Waals surface area contributed by atoms with Crippen LogP contribution in [0.5, 0.6) is 0 Å². The van der Waals surface area contributed by atoms with Crippen molar-refractivity contribution in [2.75, 3.05) is 6.61 Å². The molecule has 0 heterocycles. The summed E-state index contributed by atoms with van der Waals surface area (Å²) >= 11 is 0. The molecule has 0 saturated heterocycles. The Balaban J connectivity index is 4.11. The Hall–Kier alpha value is -0.0800. The monoisotopic (exact) mass is 202 g/mol. The van der Waals surface area contributed by atoms with E-state index in [1.165, 1.54) is 6.42 Å². The molecule has 0 radical (unpaired) electrons. The predicted octanol–water partition coefficient (Wildman–Crippen LogP) is 2.58. The molecule has 0 amide bonds. The van der Waals surface area contributed by atoms with E-state index in [1.807, 2.05) is 6.92 Å². The summed E-state index contributed by atoms with van der Waals surface area (Å²) in [7, 11) is 0. The van der Waals surface area contributed by atoms with Crippen LogP contribution in [0.4, 0.5) is 0 Å². The standard InChI is InChI=1S/C12H26O2/c1-5-6-7-8-12(4,14)11(9-13)10(2)3/h10-11,13-14H,5-9H2,1-4H3. The summed E-state index contributed by atoms with van der Waals surface area (Å²) in [6.45, 7) is 8.19. The van der Waals surface area contributed by atoms with Crippen LogP contribution in [0.1, 0.15) is 53.4 Å². The van der Waals surface area contributed by atoms with Gasteiger partial charge in [-0.3, -0.25) is 0 Å². The second kappa shape index (κ2) is 6.41. The molecule has 0 aromatic heterocycles. The Morgan fingerprint density at radius 2 is 1.79 bits per heavy atom. The molecule has 0 rings (SSSR count). The second-order valence-electron chi connectivity index (χ2n) is 4.85. The Morgan fingerprint density at radius 1 is 1.21 bits per heavy atom. The highest BCUT2D eigenvalue weighted by Gasteiger charge is 2.32. The van der Waals surface area contributed by atoms with E-state index in [9.17, 15) is 10.2 Å². The van der Waals surface area contributed by atoms with Crippen LogP contribution < -0.4 is 0 Å². The molecule has 14 heavy (non-hydrogen) atoms. The number of aliphatic hydroxyl groups excluding tert-OH is 1. The first-order valence-corrected chi connectivity index (χ1v) is 5.79. The molecular weight excluding hydrogens is 176 g/mol. The van der Waals surface area contributed by atoms with Gasteiger partial charge in [-0.2, -0.15) is 0 Å². The van der Waals surface area contributed by atoms with E-state index in [0.717, 1.165) is 19.3 Å². The van der Waals surface area contributed by atoms with Crippen LogP contribution in [-0.4, -0.2) is 22.4 Å². The third kappa shape index (κ3) is 4.43. The molecule has 0 aromatic carbocycles. The van der Waals surface area contributed by atoms with Gasteiger partial charge in [0.15, 0.2) is 0 Å². The molecular formula is C12H26O2. The van der Waals surface area contributed by atoms with Gasteiger partial charge >= 0.3 is 0 Å². The van der Waals surface area contributed by atoms with Crippen LogP contribution in [0.15, 0.2) is 0 Å². The van der Waals surface area contributed by atoms with Gasteiger partial charge in [-0.15, -0.1) is 0 Å². The molecule has 0 aliphatic heterocycles. The van der Waals surface area contributed by atoms with Crippen molar-refractivity contribution in [3.63, 3.8) is 0 Å². The van der Waals surface area contributed by atoms with E-state index in [0.29, 0.717) is 5.92 Å². The van der Waals surface area contributed by atoms with Gasteiger partial charge in [0, 0.05) is 12.5 Å². The highest BCUT2D eigenvalue weighted by atomic mass is 16.3. The zero-order valence-corrected chi connectivity index (χ0v) is 10.1. The normalized spacial score (nSPS) is 18.2. The third-order valence-corrected chi connectivity index (χ3v) is 3.09. The lowest BCUT2D eigenvalue weighted by Crippen LogP contribution is -2.40. The molecule has 2 N–H and O–H groups in total. The Labute approximate surface area is 88.3 Å². The number of hydrogen-bond acceptors (Lipinski definition) is 2. The van der Waals surface area contributed by atoms with Gasteiger partial charge in [-0.25, -0.2) is 0 Å². The average Bonchev–Trinajstić information content (AvgIpc) is 2.04. The molecule has 2 unspecified atom stereocenters. The van der Waals surface area contributed by atoms with Gasteiger partial charge in [-0.1, -0.05) is 40.0 Å². The molecule has 2 atom stereocenters. The van der Waals surface area contributed by atoms with Crippen molar-refractivity contribution in [1.29, 1.82) is 0 Å². The lowest BCUT2D eigenvalue weighted by Gasteiger charge is -2.34. The van der Waals surface area contributed by atoms with Crippen molar-refractivity contribution in [1.82, 2.24) is 0 Å². The Morgan fingerprint density at radius 3 is 2.14 bits per heavy atom. The molecule has 0 bridgehead atoms. The van der Waals surface area contributed by atoms with E-state index in [4.69, 9.17) is 0 Å². The minimum atomic E-state index is -0.710. The molecule has 0 aliphatic rings. The topological polar surface area (TPSA) is 40.5 Å². The molecule has 0 aromatic rings. The molecule has 0 fully saturated rings. The lowest BCUT2D eigenvalue weighted by atomic mass is 9.78. The summed E-state index contributed by atoms with van der Waals surface area (Å²) in [6.07, 6.45) is 4.17. The van der Waals surface area contributed by atoms with E-state index in [2.05, 4.69) is 20.8 Å². The summed E-state index contributed by atoms with van der Waals surface area (Å²) in [5.74, 6) is 0.330. The molecule has 86 valence electrons. The molecule has 0 saturated carbocycles. The van der Waals surface area contributed by atoms with Crippen LogP contribution in [-0.2, 0) is 0 Å². The van der Waals surface area contributed by atoms with Gasteiger partial charge in [0.2, 0.25) is 0 Å². The molecule has 0 spiro atoms. The van der Waals surface area contributed by atoms with Gasteiger partial charge in [0.05, 0.1) is 5.60 Å². The highest BCUT2D eigenvalue weighted by molar-refractivity contribution is 4.83. The largest absolute Gasteiger partial charge is 0.396 e. The second-order valence-corrected chi connectivity index (χ2v) is 4.85. The van der Waals surface area contributed by atoms with Gasteiger partial charge in [-0.05, 0) is 19.3 Å². The van der Waals surface area contributed by atoms with Crippen LogP contribution in [0.3, 0.4) is 0 Å². The minimum absolute atomic E-state index is 0.000596. The van der Waals surface area contributed by atoms with Gasteiger partial charge in [0.25, 0.3) is 0 Å². The number of hydrogen-bond donors (Lipinski definition) is 2. The maximum atomic E-state index is 10.2. The fourth-order valence-electron chi connectivity index (χ4n) is 2.04. The Bertz CT molecular complexity index is 141. The van der Waals surface area contributed by atoms with Crippen molar-refractivity contribution in [3.05, 3.63) is 0 Å². The number of aliphatic hydroxyl groups is 2. The SMILES string of the molecule is CCCCCC(C)(O)C(CO)C(C)C. The van der Waals surface area contributed by atoms with Crippen molar-refractivity contribution in [2.24, 2.45) is 11.8 Å². The number of rotatable bonds is 7. The quantitative estimate of drug-likeness (QED) is 0.623. The van der Waals surface area contributed by atoms with E-state index >= 15 is 0 Å². The van der Waals surface area contributed by atoms with Crippen LogP contribution in [0.2, 0.25) is 0 Å². The Kier molecular flexibility index (Phi) is 6.38. The molecule has 2 heteroatoms. The lowest BCUT2D eigenvalue weighted by molar-refractivity contribution is -0.0514. The summed E-state index contributed by atoms with van der Waals surface area (Å²) < 4.78 is 0. The van der Waals surface area contributed by atoms with Crippen molar-refractivity contribution < 1.29 is 10.2 Å². The first-order valence-electron chi connectivity index (χ1n) is 5.79. The first kappa shape index (κ1) is 13.9. The molecule has 2 nitrogen and oxygen atoms in total. The van der Waals surface area contributed by atoms with Crippen molar-refractivity contribution >= 4 is 0 Å². The zero-order valence-electron chi connectivity index (χ0n) is 10.1. The van der Waals surface area contributed by atoms with Crippen molar-refractivity contribution in [2.45, 2.75) is 59.0 Å². The minimum Gasteiger partial charge on any atom is -0.396 e. The van der Waals surface area contributed by atoms with Crippen LogP contribution >= 0.6 is 0 Å². The summed E-state index contributed by atoms with van der Waals surface area (Å²) in [5, 5.41) is 19.4. The fraction of sp³-hybridized carbons (Fsp3) is 1.00. The number of unbranched alkanes of at least 4 members (excludes halogenated alkanes) is 2. The first-order chi connectivity index (χ1) is 6.45. The average molecular weight is 202 g/mol. The van der Waals surface area contributed by atoms with Crippen molar-refractivity contribution in [3.8, 4) is 0 Å². The summed E-state index contributed by atoms with van der Waals surface area (Å²) in [5.41, 5.74) is -0.710. The van der Waals surface area contributed by atoms with Crippen LogP contribution in [0, 0.1) is 11.8 Å². The fourth-order valence-corrected chi connectivity index (χ4v) is 2.04.